The third kappa shape index (κ3) is 6.18. The molecule has 1 aliphatic rings. The first kappa shape index (κ1) is 31.5. The van der Waals surface area contributed by atoms with E-state index in [4.69, 9.17) is 19.7 Å². The van der Waals surface area contributed by atoms with Crippen LogP contribution in [0, 0.1) is 0 Å². The van der Waals surface area contributed by atoms with Crippen molar-refractivity contribution >= 4 is 34.4 Å². The summed E-state index contributed by atoms with van der Waals surface area (Å²) in [6.45, 7) is 2.59. The van der Waals surface area contributed by atoms with E-state index in [2.05, 4.69) is 9.55 Å². The van der Waals surface area contributed by atoms with Gasteiger partial charge in [-0.15, -0.1) is 0 Å². The molecule has 1 aliphatic heterocycles. The highest BCUT2D eigenvalue weighted by Crippen LogP contribution is 2.41. The third-order valence-electron chi connectivity index (χ3n) is 8.67. The monoisotopic (exact) mass is 649 g/mol. The SMILES string of the molecule is CC(=O)OCCCCn1c(CN2C(=O)/C(=N/OC(c3ccccc3)(c3ccccc3)c3ccccc3)c3cccnc32)nc2ccccc21. The maximum absolute atomic E-state index is 14.4. The van der Waals surface area contributed by atoms with Crippen molar-refractivity contribution < 1.29 is 19.2 Å². The average Bonchev–Trinajstić information content (AvgIpc) is 3.63. The van der Waals surface area contributed by atoms with Crippen molar-refractivity contribution in [3.63, 3.8) is 0 Å². The minimum absolute atomic E-state index is 0.166. The van der Waals surface area contributed by atoms with Gasteiger partial charge in [0.1, 0.15) is 11.6 Å². The summed E-state index contributed by atoms with van der Waals surface area (Å²) in [5.41, 5.74) is 4.01. The molecule has 7 rings (SSSR count). The number of carbonyl (C=O) groups is 2. The second kappa shape index (κ2) is 13.9. The fourth-order valence-corrected chi connectivity index (χ4v) is 6.39. The molecule has 244 valence electrons. The van der Waals surface area contributed by atoms with Crippen molar-refractivity contribution in [2.75, 3.05) is 11.5 Å². The Bertz CT molecular complexity index is 2020. The van der Waals surface area contributed by atoms with Crippen molar-refractivity contribution in [2.24, 2.45) is 5.16 Å². The van der Waals surface area contributed by atoms with Crippen LogP contribution in [0.4, 0.5) is 5.82 Å². The predicted octanol–water partition coefficient (Wildman–Crippen LogP) is 7.03. The molecule has 0 spiro atoms. The zero-order valence-electron chi connectivity index (χ0n) is 27.1. The summed E-state index contributed by atoms with van der Waals surface area (Å²) in [5, 5.41) is 4.71. The van der Waals surface area contributed by atoms with E-state index >= 15 is 0 Å². The van der Waals surface area contributed by atoms with Gasteiger partial charge >= 0.3 is 5.97 Å². The number of nitrogens with zero attached hydrogens (tertiary/aromatic N) is 5. The topological polar surface area (TPSA) is 98.9 Å². The molecule has 0 saturated carbocycles. The molecule has 3 heterocycles. The molecular weight excluding hydrogens is 614 g/mol. The average molecular weight is 650 g/mol. The Morgan fingerprint density at radius 3 is 2.02 bits per heavy atom. The number of para-hydroxylation sites is 2. The van der Waals surface area contributed by atoms with E-state index in [0.717, 1.165) is 34.1 Å². The Kier molecular flexibility index (Phi) is 8.97. The molecule has 0 aliphatic carbocycles. The highest BCUT2D eigenvalue weighted by Gasteiger charge is 2.42. The van der Waals surface area contributed by atoms with Crippen LogP contribution < -0.4 is 4.90 Å². The van der Waals surface area contributed by atoms with Crippen molar-refractivity contribution in [2.45, 2.75) is 38.5 Å². The van der Waals surface area contributed by atoms with Gasteiger partial charge in [-0.05, 0) is 37.1 Å². The molecule has 1 amide bonds. The molecule has 4 aromatic carbocycles. The molecule has 0 radical (unpaired) electrons. The molecule has 0 N–H and O–H groups in total. The largest absolute Gasteiger partial charge is 0.466 e. The Balaban J connectivity index is 1.26. The number of aromatic nitrogens is 3. The predicted molar refractivity (Wildman–Crippen MR) is 188 cm³/mol. The summed E-state index contributed by atoms with van der Waals surface area (Å²) in [7, 11) is 0. The second-order valence-electron chi connectivity index (χ2n) is 11.8. The van der Waals surface area contributed by atoms with Crippen LogP contribution in [-0.2, 0) is 37.9 Å². The highest BCUT2D eigenvalue weighted by atomic mass is 16.7. The summed E-state index contributed by atoms with van der Waals surface area (Å²) in [5.74, 6) is 0.591. The fraction of sp³-hybridized carbons (Fsp3) is 0.175. The summed E-state index contributed by atoms with van der Waals surface area (Å²) in [4.78, 5) is 43.5. The van der Waals surface area contributed by atoms with E-state index < -0.39 is 5.60 Å². The highest BCUT2D eigenvalue weighted by molar-refractivity contribution is 6.53. The van der Waals surface area contributed by atoms with Crippen molar-refractivity contribution in [1.29, 1.82) is 0 Å². The van der Waals surface area contributed by atoms with Crippen LogP contribution in [-0.4, -0.2) is 38.7 Å². The quantitative estimate of drug-likeness (QED) is 0.0611. The number of ether oxygens (including phenoxy) is 1. The molecule has 0 atom stereocenters. The third-order valence-corrected chi connectivity index (χ3v) is 8.67. The number of esters is 1. The van der Waals surface area contributed by atoms with Gasteiger partial charge in [0.25, 0.3) is 5.91 Å². The number of benzene rings is 4. The zero-order chi connectivity index (χ0) is 33.6. The Morgan fingerprint density at radius 1 is 0.776 bits per heavy atom. The second-order valence-corrected chi connectivity index (χ2v) is 11.8. The number of imidazole rings is 1. The Morgan fingerprint density at radius 2 is 1.39 bits per heavy atom. The number of unbranched alkanes of at least 4 members (excludes halogenated alkanes) is 1. The van der Waals surface area contributed by atoms with E-state index in [0.29, 0.717) is 36.8 Å². The molecule has 2 aromatic heterocycles. The van der Waals surface area contributed by atoms with Crippen LogP contribution in [0.5, 0.6) is 0 Å². The van der Waals surface area contributed by atoms with Gasteiger partial charge < -0.3 is 14.1 Å². The molecule has 49 heavy (non-hydrogen) atoms. The molecule has 0 unspecified atom stereocenters. The molecule has 0 bridgehead atoms. The molecule has 6 aromatic rings. The lowest BCUT2D eigenvalue weighted by molar-refractivity contribution is -0.141. The molecule has 9 heteroatoms. The van der Waals surface area contributed by atoms with Crippen LogP contribution in [0.3, 0.4) is 0 Å². The minimum atomic E-state index is -1.15. The lowest BCUT2D eigenvalue weighted by Crippen LogP contribution is -2.34. The van der Waals surface area contributed by atoms with Crippen LogP contribution in [0.1, 0.15) is 47.8 Å². The summed E-state index contributed by atoms with van der Waals surface area (Å²) in [6, 6.07) is 41.3. The van der Waals surface area contributed by atoms with E-state index in [9.17, 15) is 9.59 Å². The fourth-order valence-electron chi connectivity index (χ4n) is 6.39. The lowest BCUT2D eigenvalue weighted by atomic mass is 9.80. The van der Waals surface area contributed by atoms with Gasteiger partial charge in [0.2, 0.25) is 5.60 Å². The number of oxime groups is 1. The van der Waals surface area contributed by atoms with Crippen molar-refractivity contribution in [3.05, 3.63) is 162 Å². The maximum atomic E-state index is 14.4. The number of amides is 1. The first-order valence-corrected chi connectivity index (χ1v) is 16.3. The lowest BCUT2D eigenvalue weighted by Gasteiger charge is -2.33. The zero-order valence-corrected chi connectivity index (χ0v) is 27.1. The molecule has 0 saturated heterocycles. The van der Waals surface area contributed by atoms with Gasteiger partial charge in [0, 0.05) is 36.4 Å². The summed E-state index contributed by atoms with van der Waals surface area (Å²) in [6.07, 6.45) is 3.15. The molecule has 9 nitrogen and oxygen atoms in total. The van der Waals surface area contributed by atoms with Crippen molar-refractivity contribution in [3.8, 4) is 0 Å². The van der Waals surface area contributed by atoms with Crippen LogP contribution >= 0.6 is 0 Å². The first-order valence-electron chi connectivity index (χ1n) is 16.3. The van der Waals surface area contributed by atoms with Gasteiger partial charge in [-0.2, -0.15) is 0 Å². The number of hydrogen-bond acceptors (Lipinski definition) is 7. The van der Waals surface area contributed by atoms with Crippen LogP contribution in [0.25, 0.3) is 11.0 Å². The first-order chi connectivity index (χ1) is 24.1. The maximum Gasteiger partial charge on any atom is 0.302 e. The normalized spacial score (nSPS) is 13.5. The Hall–Kier alpha value is -6.09. The number of rotatable bonds is 12. The number of aryl methyl sites for hydroxylation is 1. The van der Waals surface area contributed by atoms with Crippen LogP contribution in [0.2, 0.25) is 0 Å². The van der Waals surface area contributed by atoms with E-state index in [1.54, 1.807) is 17.2 Å². The standard InChI is InChI=1S/C40H35N5O4/c1-29(46)48-27-14-13-26-44-35-24-12-11-23-34(35)42-36(44)28-45-38-33(22-15-25-41-38)37(39(45)47)43-49-40(30-16-5-2-6-17-30,31-18-7-3-8-19-31)32-20-9-4-10-21-32/h2-12,15-25H,13-14,26-28H2,1H3/b43-37+. The number of hydrogen-bond donors (Lipinski definition) is 0. The van der Waals surface area contributed by atoms with E-state index in [1.165, 1.54) is 6.92 Å². The van der Waals surface area contributed by atoms with Gasteiger partial charge in [0.15, 0.2) is 5.71 Å². The summed E-state index contributed by atoms with van der Waals surface area (Å²) < 4.78 is 7.25. The number of fused-ring (bicyclic) bond motifs is 2. The van der Waals surface area contributed by atoms with Gasteiger partial charge in [-0.3, -0.25) is 14.5 Å². The van der Waals surface area contributed by atoms with Gasteiger partial charge in [-0.25, -0.2) is 9.97 Å². The van der Waals surface area contributed by atoms with Crippen LogP contribution in [0.15, 0.2) is 139 Å². The minimum Gasteiger partial charge on any atom is -0.466 e. The van der Waals surface area contributed by atoms with E-state index in [1.807, 2.05) is 121 Å². The number of carbonyl (C=O) groups excluding carboxylic acids is 2. The van der Waals surface area contributed by atoms with Gasteiger partial charge in [0.05, 0.1) is 29.7 Å². The molecular formula is C40H35N5O4. The smallest absolute Gasteiger partial charge is 0.302 e. The summed E-state index contributed by atoms with van der Waals surface area (Å²) >= 11 is 0. The van der Waals surface area contributed by atoms with Crippen molar-refractivity contribution in [1.82, 2.24) is 14.5 Å². The van der Waals surface area contributed by atoms with Gasteiger partial charge in [-0.1, -0.05) is 108 Å². The Labute approximate surface area is 284 Å². The number of pyridine rings is 1. The number of anilines is 1. The molecule has 0 fully saturated rings. The van der Waals surface area contributed by atoms with E-state index in [-0.39, 0.29) is 24.1 Å².